The van der Waals surface area contributed by atoms with Gasteiger partial charge in [-0.05, 0) is 12.2 Å². The number of likely N-dealkylation sites (N-methyl/N-ethyl adjacent to an activating group) is 1. The van der Waals surface area contributed by atoms with Crippen molar-refractivity contribution in [1.29, 1.82) is 0 Å². The lowest BCUT2D eigenvalue weighted by Gasteiger charge is -2.45. The molecule has 3 rings (SSSR count). The molecule has 0 radical (unpaired) electrons. The summed E-state index contributed by atoms with van der Waals surface area (Å²) in [6.07, 6.45) is 8.59. The monoisotopic (exact) mass is 293 g/mol. The number of nitrogens with zero attached hydrogens (tertiary/aromatic N) is 2. The van der Waals surface area contributed by atoms with Crippen LogP contribution in [0.15, 0.2) is 35.7 Å². The van der Waals surface area contributed by atoms with Crippen LogP contribution in [0, 0.1) is 0 Å². The Kier molecular flexibility index (Phi) is 3.22. The summed E-state index contributed by atoms with van der Waals surface area (Å²) < 4.78 is 0.649. The van der Waals surface area contributed by atoms with Gasteiger partial charge in [-0.15, -0.1) is 11.8 Å². The van der Waals surface area contributed by atoms with Crippen molar-refractivity contribution >= 4 is 23.6 Å². The van der Waals surface area contributed by atoms with Crippen molar-refractivity contribution in [2.24, 2.45) is 0 Å². The van der Waals surface area contributed by atoms with E-state index in [1.54, 1.807) is 11.8 Å². The van der Waals surface area contributed by atoms with Gasteiger partial charge in [-0.3, -0.25) is 14.2 Å². The fraction of sp³-hybridized carbons (Fsp3) is 0.429. The zero-order valence-corrected chi connectivity index (χ0v) is 12.1. The highest BCUT2D eigenvalue weighted by atomic mass is 32.2. The first kappa shape index (κ1) is 13.5. The molecule has 0 aromatic heterocycles. The Morgan fingerprint density at radius 3 is 2.95 bits per heavy atom. The third-order valence-electron chi connectivity index (χ3n) is 3.90. The third-order valence-corrected chi connectivity index (χ3v) is 5.18. The Morgan fingerprint density at radius 2 is 2.35 bits per heavy atom. The van der Waals surface area contributed by atoms with Crippen molar-refractivity contribution in [2.75, 3.05) is 25.9 Å². The highest BCUT2D eigenvalue weighted by Gasteiger charge is 2.46. The van der Waals surface area contributed by atoms with Gasteiger partial charge < -0.3 is 5.11 Å². The van der Waals surface area contributed by atoms with Crippen molar-refractivity contribution < 1.29 is 19.2 Å². The fourth-order valence-corrected chi connectivity index (χ4v) is 4.11. The van der Waals surface area contributed by atoms with E-state index in [4.69, 9.17) is 0 Å². The highest BCUT2D eigenvalue weighted by Crippen LogP contribution is 2.40. The second-order valence-electron chi connectivity index (χ2n) is 5.58. The van der Waals surface area contributed by atoms with Gasteiger partial charge in [0.25, 0.3) is 0 Å². The maximum Gasteiger partial charge on any atom is 0.352 e. The Hall–Kier alpha value is -1.53. The van der Waals surface area contributed by atoms with Crippen LogP contribution in [-0.4, -0.2) is 57.6 Å². The highest BCUT2D eigenvalue weighted by molar-refractivity contribution is 8.00. The Labute approximate surface area is 121 Å². The molecule has 0 aromatic rings. The van der Waals surface area contributed by atoms with E-state index in [9.17, 15) is 14.7 Å². The number of thioether (sulfide) groups is 1. The van der Waals surface area contributed by atoms with E-state index in [1.807, 2.05) is 12.2 Å². The third kappa shape index (κ3) is 2.19. The minimum Gasteiger partial charge on any atom is -0.477 e. The minimum absolute atomic E-state index is 0.0273. The van der Waals surface area contributed by atoms with E-state index < -0.39 is 5.97 Å². The number of hydrogen-bond donors (Lipinski definition) is 1. The fourth-order valence-electron chi connectivity index (χ4n) is 2.85. The quantitative estimate of drug-likeness (QED) is 0.627. The number of rotatable bonds is 3. The van der Waals surface area contributed by atoms with Crippen LogP contribution in [0.4, 0.5) is 0 Å². The molecule has 0 aromatic carbocycles. The molecular formula is C14H17N2O3S+. The van der Waals surface area contributed by atoms with Gasteiger partial charge in [0.05, 0.1) is 25.0 Å². The summed E-state index contributed by atoms with van der Waals surface area (Å²) in [6.45, 7) is 1.47. The van der Waals surface area contributed by atoms with E-state index >= 15 is 0 Å². The van der Waals surface area contributed by atoms with E-state index in [1.165, 1.54) is 4.90 Å². The van der Waals surface area contributed by atoms with Gasteiger partial charge in [0.15, 0.2) is 0 Å². The molecule has 106 valence electrons. The molecule has 1 amide bonds. The maximum absolute atomic E-state index is 11.7. The van der Waals surface area contributed by atoms with Crippen LogP contribution in [0.1, 0.15) is 6.42 Å². The number of fused-ring (bicyclic) bond motifs is 1. The van der Waals surface area contributed by atoms with Gasteiger partial charge in [0.2, 0.25) is 5.91 Å². The molecule has 5 nitrogen and oxygen atoms in total. The van der Waals surface area contributed by atoms with Crippen LogP contribution in [0.2, 0.25) is 0 Å². The summed E-state index contributed by atoms with van der Waals surface area (Å²) in [5.41, 5.74) is 1.07. The Balaban J connectivity index is 1.91. The smallest absolute Gasteiger partial charge is 0.352 e. The van der Waals surface area contributed by atoms with Gasteiger partial charge >= 0.3 is 5.97 Å². The molecule has 0 saturated carbocycles. The molecule has 2 atom stereocenters. The number of hydrogen-bond acceptors (Lipinski definition) is 3. The topological polar surface area (TPSA) is 57.6 Å². The molecule has 1 fully saturated rings. The van der Waals surface area contributed by atoms with Crippen LogP contribution in [0.25, 0.3) is 0 Å². The predicted molar refractivity (Wildman–Crippen MR) is 76.6 cm³/mol. The first-order valence-electron chi connectivity index (χ1n) is 6.58. The predicted octanol–water partition coefficient (Wildman–Crippen LogP) is 1.16. The number of carboxylic acids is 1. The minimum atomic E-state index is -0.985. The van der Waals surface area contributed by atoms with Crippen LogP contribution in [-0.2, 0) is 9.59 Å². The van der Waals surface area contributed by atoms with Crippen LogP contribution in [0.3, 0.4) is 0 Å². The molecule has 1 saturated heterocycles. The summed E-state index contributed by atoms with van der Waals surface area (Å²) in [5.74, 6) is -0.364. The molecule has 2 unspecified atom stereocenters. The zero-order valence-electron chi connectivity index (χ0n) is 11.3. The zero-order chi connectivity index (χ0) is 14.3. The van der Waals surface area contributed by atoms with E-state index in [2.05, 4.69) is 19.3 Å². The molecule has 3 aliphatic rings. The number of carbonyl (C=O) groups is 2. The molecule has 1 N–H and O–H groups in total. The van der Waals surface area contributed by atoms with Gasteiger partial charge in [-0.1, -0.05) is 6.08 Å². The van der Waals surface area contributed by atoms with Gasteiger partial charge in [0, 0.05) is 11.3 Å². The first-order valence-corrected chi connectivity index (χ1v) is 7.63. The van der Waals surface area contributed by atoms with Crippen LogP contribution < -0.4 is 0 Å². The van der Waals surface area contributed by atoms with E-state index in [0.717, 1.165) is 12.1 Å². The van der Waals surface area contributed by atoms with Crippen molar-refractivity contribution in [2.45, 2.75) is 11.8 Å². The molecule has 0 bridgehead atoms. The number of aliphatic carboxylic acids is 1. The summed E-state index contributed by atoms with van der Waals surface area (Å²) in [7, 11) is 2.07. The van der Waals surface area contributed by atoms with Crippen molar-refractivity contribution in [1.82, 2.24) is 4.90 Å². The number of β-lactam (4-membered cyclic amide) rings is 1. The van der Waals surface area contributed by atoms with Crippen LogP contribution >= 0.6 is 11.8 Å². The van der Waals surface area contributed by atoms with Crippen LogP contribution in [0.5, 0.6) is 0 Å². The normalized spacial score (nSPS) is 32.1. The molecule has 0 aliphatic carbocycles. The summed E-state index contributed by atoms with van der Waals surface area (Å²) in [5, 5.41) is 9.49. The number of amides is 1. The van der Waals surface area contributed by atoms with E-state index in [-0.39, 0.29) is 17.0 Å². The molecule has 20 heavy (non-hydrogen) atoms. The average molecular weight is 293 g/mol. The van der Waals surface area contributed by atoms with Gasteiger partial charge in [0.1, 0.15) is 18.8 Å². The van der Waals surface area contributed by atoms with Crippen molar-refractivity contribution in [3.63, 3.8) is 0 Å². The first-order chi connectivity index (χ1) is 9.50. The van der Waals surface area contributed by atoms with Crippen molar-refractivity contribution in [3.05, 3.63) is 35.7 Å². The number of carbonyl (C=O) groups excluding carboxylic acids is 1. The second-order valence-corrected chi connectivity index (χ2v) is 6.75. The number of quaternary nitrogens is 1. The second kappa shape index (κ2) is 4.79. The summed E-state index contributed by atoms with van der Waals surface area (Å²) >= 11 is 1.67. The van der Waals surface area contributed by atoms with Crippen molar-refractivity contribution in [3.8, 4) is 0 Å². The molecule has 3 aliphatic heterocycles. The molecule has 3 heterocycles. The SMILES string of the molecule is C[N+]1(CC2=C(C(=O)O)N3C(=O)CC3SC2)C=CC=CC1. The molecular weight excluding hydrogens is 276 g/mol. The van der Waals surface area contributed by atoms with Gasteiger partial charge in [-0.2, -0.15) is 0 Å². The summed E-state index contributed by atoms with van der Waals surface area (Å²) in [4.78, 5) is 24.7. The lowest BCUT2D eigenvalue weighted by atomic mass is 10.1. The lowest BCUT2D eigenvalue weighted by molar-refractivity contribution is -0.849. The van der Waals surface area contributed by atoms with Gasteiger partial charge in [-0.25, -0.2) is 4.79 Å². The standard InChI is InChI=1S/C14H16N2O3S/c1-16(5-3-2-4-6-16)8-10-9-20-12-7-11(17)15(12)13(10)14(18)19/h2-5,12H,6-9H2,1H3/p+1. The Bertz CT molecular complexity index is 567. The summed E-state index contributed by atoms with van der Waals surface area (Å²) in [6, 6.07) is 0. The number of allylic oxidation sites excluding steroid dienone is 2. The Morgan fingerprint density at radius 1 is 1.55 bits per heavy atom. The maximum atomic E-state index is 11.7. The van der Waals surface area contributed by atoms with E-state index in [0.29, 0.717) is 23.2 Å². The lowest BCUT2D eigenvalue weighted by Crippen LogP contribution is -2.55. The largest absolute Gasteiger partial charge is 0.477 e. The molecule has 0 spiro atoms. The average Bonchev–Trinajstić information content (AvgIpc) is 2.39. The molecule has 6 heteroatoms. The number of carboxylic acid groups (broad SMARTS) is 1.